The van der Waals surface area contributed by atoms with Gasteiger partial charge < -0.3 is 0 Å². The fourth-order valence-corrected chi connectivity index (χ4v) is 8.04. The number of fused-ring (bicyclic) bond motifs is 6. The predicted molar refractivity (Wildman–Crippen MR) is 111 cm³/mol. The van der Waals surface area contributed by atoms with Crippen molar-refractivity contribution < 1.29 is 0 Å². The normalized spacial score (nSPS) is 12.2. The van der Waals surface area contributed by atoms with E-state index in [2.05, 4.69) is 86.0 Å². The summed E-state index contributed by atoms with van der Waals surface area (Å²) in [7, 11) is 0. The Hall–Kier alpha value is 1.29. The molecule has 3 aromatic heterocycles. The summed E-state index contributed by atoms with van der Waals surface area (Å²) in [5.41, 5.74) is 0. The highest BCUT2D eigenvalue weighted by atomic mass is 127. The summed E-state index contributed by atoms with van der Waals surface area (Å²) in [6.07, 6.45) is 0. The number of thiophene rings is 3. The van der Waals surface area contributed by atoms with Crippen LogP contribution < -0.4 is 0 Å². The zero-order chi connectivity index (χ0) is 12.4. The molecule has 0 fully saturated rings. The molecule has 0 saturated carbocycles. The van der Waals surface area contributed by atoms with Gasteiger partial charge in [0.15, 0.2) is 0 Å². The first-order valence-electron chi connectivity index (χ1n) is 5.02. The van der Waals surface area contributed by atoms with Crippen LogP contribution in [0.3, 0.4) is 0 Å². The van der Waals surface area contributed by atoms with Gasteiger partial charge in [-0.25, -0.2) is 0 Å². The standard InChI is InChI=1S/C12H3I3S3/c13-7-1-4-10(16-7)5-2-9(15)18-12(5)6-3-8(14)17-11(4)6/h1-3H. The fourth-order valence-electron chi connectivity index (χ4n) is 2.19. The van der Waals surface area contributed by atoms with Crippen molar-refractivity contribution in [3.63, 3.8) is 0 Å². The number of rotatable bonds is 0. The second kappa shape index (κ2) is 4.65. The summed E-state index contributed by atoms with van der Waals surface area (Å²) in [6.45, 7) is 0. The molecular formula is C12H3I3S3. The van der Waals surface area contributed by atoms with E-state index >= 15 is 0 Å². The van der Waals surface area contributed by atoms with Crippen LogP contribution in [0.15, 0.2) is 18.2 Å². The molecule has 0 atom stereocenters. The third-order valence-corrected chi connectivity index (χ3v) is 8.63. The molecule has 0 bridgehead atoms. The maximum atomic E-state index is 2.43. The molecule has 0 saturated heterocycles. The quantitative estimate of drug-likeness (QED) is 0.183. The Morgan fingerprint density at radius 3 is 1.11 bits per heavy atom. The Balaban J connectivity index is 2.43. The van der Waals surface area contributed by atoms with E-state index in [1.165, 1.54) is 38.9 Å². The molecule has 18 heavy (non-hydrogen) atoms. The minimum atomic E-state index is 1.38. The van der Waals surface area contributed by atoms with Gasteiger partial charge >= 0.3 is 0 Å². The highest BCUT2D eigenvalue weighted by Gasteiger charge is 2.15. The van der Waals surface area contributed by atoms with E-state index in [4.69, 9.17) is 0 Å². The van der Waals surface area contributed by atoms with Crippen LogP contribution in [0.1, 0.15) is 0 Å². The molecular weight excluding hydrogens is 621 g/mol. The Bertz CT molecular complexity index is 695. The van der Waals surface area contributed by atoms with Gasteiger partial charge in [-0.15, -0.1) is 34.0 Å². The van der Waals surface area contributed by atoms with Gasteiger partial charge in [0.25, 0.3) is 0 Å². The van der Waals surface area contributed by atoms with Gasteiger partial charge in [0.05, 0.1) is 8.65 Å². The third kappa shape index (κ3) is 1.89. The van der Waals surface area contributed by atoms with Crippen molar-refractivity contribution in [2.75, 3.05) is 0 Å². The van der Waals surface area contributed by atoms with Crippen molar-refractivity contribution in [3.05, 3.63) is 26.9 Å². The first-order chi connectivity index (χ1) is 8.63. The van der Waals surface area contributed by atoms with E-state index in [-0.39, 0.29) is 0 Å². The summed E-state index contributed by atoms with van der Waals surface area (Å²) in [5, 5.41) is 4.32. The minimum absolute atomic E-state index is 1.38. The Kier molecular flexibility index (Phi) is 3.36. The molecule has 4 aromatic rings. The SMILES string of the molecule is Ic1cc2c(s1)c1cc(I)sc1c1cc(I)sc21. The zero-order valence-electron chi connectivity index (χ0n) is 8.59. The number of benzene rings is 1. The van der Waals surface area contributed by atoms with Gasteiger partial charge in [-0.3, -0.25) is 0 Å². The molecule has 90 valence electrons. The van der Waals surface area contributed by atoms with Crippen molar-refractivity contribution in [1.29, 1.82) is 0 Å². The highest BCUT2D eigenvalue weighted by molar-refractivity contribution is 14.1. The lowest BCUT2D eigenvalue weighted by Gasteiger charge is -1.96. The molecule has 4 rings (SSSR count). The molecule has 0 unspecified atom stereocenters. The average Bonchev–Trinajstić information content (AvgIpc) is 2.93. The molecule has 0 nitrogen and oxygen atoms in total. The third-order valence-electron chi connectivity index (χ3n) is 2.84. The van der Waals surface area contributed by atoms with E-state index < -0.39 is 0 Å². The number of hydrogen-bond donors (Lipinski definition) is 0. The number of halogens is 3. The Morgan fingerprint density at radius 1 is 0.556 bits per heavy atom. The Labute approximate surface area is 156 Å². The molecule has 0 radical (unpaired) electrons. The minimum Gasteiger partial charge on any atom is -0.128 e. The molecule has 1 aromatic carbocycles. The topological polar surface area (TPSA) is 0 Å². The molecule has 3 heterocycles. The van der Waals surface area contributed by atoms with Crippen LogP contribution in [0.2, 0.25) is 0 Å². The monoisotopic (exact) mass is 624 g/mol. The van der Waals surface area contributed by atoms with Crippen molar-refractivity contribution in [1.82, 2.24) is 0 Å². The molecule has 0 spiro atoms. The van der Waals surface area contributed by atoms with E-state index in [1.54, 1.807) is 0 Å². The lowest BCUT2D eigenvalue weighted by molar-refractivity contribution is 2.05. The highest BCUT2D eigenvalue weighted by Crippen LogP contribution is 2.46. The lowest BCUT2D eigenvalue weighted by atomic mass is 10.1. The van der Waals surface area contributed by atoms with Crippen LogP contribution in [-0.4, -0.2) is 0 Å². The van der Waals surface area contributed by atoms with Crippen LogP contribution in [0, 0.1) is 8.65 Å². The van der Waals surface area contributed by atoms with Gasteiger partial charge in [-0.1, -0.05) is 0 Å². The van der Waals surface area contributed by atoms with Crippen molar-refractivity contribution in [2.45, 2.75) is 0 Å². The van der Waals surface area contributed by atoms with E-state index in [0.717, 1.165) is 0 Å². The van der Waals surface area contributed by atoms with E-state index in [1.807, 2.05) is 34.0 Å². The second-order valence-corrected chi connectivity index (χ2v) is 12.7. The fraction of sp³-hybridized carbons (Fsp3) is 0. The van der Waals surface area contributed by atoms with Crippen LogP contribution >= 0.6 is 102 Å². The number of hydrogen-bond acceptors (Lipinski definition) is 3. The summed E-state index contributed by atoms with van der Waals surface area (Å²) in [6, 6.07) is 7.00. The molecule has 0 aliphatic carbocycles. The van der Waals surface area contributed by atoms with Gasteiger partial charge in [0.1, 0.15) is 0 Å². The van der Waals surface area contributed by atoms with Gasteiger partial charge in [0.2, 0.25) is 0 Å². The molecule has 0 amide bonds. The van der Waals surface area contributed by atoms with Gasteiger partial charge in [-0.2, -0.15) is 0 Å². The van der Waals surface area contributed by atoms with Crippen LogP contribution in [0.4, 0.5) is 0 Å². The summed E-state index contributed by atoms with van der Waals surface area (Å²) in [5.74, 6) is 0. The first-order valence-corrected chi connectivity index (χ1v) is 10.7. The van der Waals surface area contributed by atoms with Crippen LogP contribution in [-0.2, 0) is 0 Å². The summed E-state index contributed by atoms with van der Waals surface area (Å²) >= 11 is 13.0. The van der Waals surface area contributed by atoms with Crippen molar-refractivity contribution >= 4 is 132 Å². The first kappa shape index (κ1) is 13.0. The maximum absolute atomic E-state index is 2.43. The summed E-state index contributed by atoms with van der Waals surface area (Å²) in [4.78, 5) is 0. The maximum Gasteiger partial charge on any atom is 0.0666 e. The molecule has 0 aliphatic rings. The zero-order valence-corrected chi connectivity index (χ0v) is 17.5. The van der Waals surface area contributed by atoms with Gasteiger partial charge in [0, 0.05) is 30.3 Å². The van der Waals surface area contributed by atoms with E-state index in [0.29, 0.717) is 0 Å². The van der Waals surface area contributed by atoms with Crippen LogP contribution in [0.5, 0.6) is 0 Å². The van der Waals surface area contributed by atoms with Crippen molar-refractivity contribution in [2.24, 2.45) is 0 Å². The van der Waals surface area contributed by atoms with Crippen molar-refractivity contribution in [3.8, 4) is 0 Å². The van der Waals surface area contributed by atoms with Gasteiger partial charge in [-0.05, 0) is 86.0 Å². The van der Waals surface area contributed by atoms with E-state index in [9.17, 15) is 0 Å². The second-order valence-electron chi connectivity index (χ2n) is 3.88. The largest absolute Gasteiger partial charge is 0.128 e. The molecule has 6 heteroatoms. The molecule has 0 N–H and O–H groups in total. The lowest BCUT2D eigenvalue weighted by Crippen LogP contribution is -1.67. The molecule has 0 aliphatic heterocycles. The Morgan fingerprint density at radius 2 is 0.833 bits per heavy atom. The average molecular weight is 624 g/mol. The smallest absolute Gasteiger partial charge is 0.0666 e. The predicted octanol–water partition coefficient (Wildman–Crippen LogP) is 7.14. The van der Waals surface area contributed by atoms with Crippen LogP contribution in [0.25, 0.3) is 30.3 Å². The summed E-state index contributed by atoms with van der Waals surface area (Å²) < 4.78 is 8.50.